The van der Waals surface area contributed by atoms with Crippen molar-refractivity contribution in [3.63, 3.8) is 0 Å². The van der Waals surface area contributed by atoms with Gasteiger partial charge in [0.2, 0.25) is 5.91 Å². The predicted molar refractivity (Wildman–Crippen MR) is 151 cm³/mol. The van der Waals surface area contributed by atoms with Crippen molar-refractivity contribution in [3.05, 3.63) is 69.1 Å². The molecule has 1 amide bonds. The van der Waals surface area contributed by atoms with Gasteiger partial charge < -0.3 is 9.64 Å². The molecule has 1 fully saturated rings. The molecule has 0 radical (unpaired) electrons. The van der Waals surface area contributed by atoms with Gasteiger partial charge in [-0.3, -0.25) is 14.2 Å². The molecule has 0 saturated carbocycles. The SMILES string of the molecule is BC(B)(B)C(=O)N1CC(OC)(c2cc3c(C[C@H](C)c4cccc(C(F)F)c4F)ncnc3n(C)c2=O)C[C@H]1C. The number of hydrogen-bond acceptors (Lipinski definition) is 5. The first kappa shape index (κ1) is 28.9. The van der Waals surface area contributed by atoms with Crippen molar-refractivity contribution in [1.82, 2.24) is 19.4 Å². The van der Waals surface area contributed by atoms with Crippen LogP contribution in [0.25, 0.3) is 11.0 Å². The van der Waals surface area contributed by atoms with Crippen LogP contribution in [0, 0.1) is 5.82 Å². The van der Waals surface area contributed by atoms with Crippen molar-refractivity contribution in [2.24, 2.45) is 7.05 Å². The zero-order valence-corrected chi connectivity index (χ0v) is 23.4. The van der Waals surface area contributed by atoms with E-state index in [-0.39, 0.29) is 36.0 Å². The van der Waals surface area contributed by atoms with Crippen LogP contribution in [0.1, 0.15) is 55.0 Å². The summed E-state index contributed by atoms with van der Waals surface area (Å²) < 4.78 is 48.9. The molecule has 1 aromatic carbocycles. The van der Waals surface area contributed by atoms with E-state index in [9.17, 15) is 22.8 Å². The van der Waals surface area contributed by atoms with Gasteiger partial charge in [-0.2, -0.15) is 0 Å². The Kier molecular flexibility index (Phi) is 7.77. The van der Waals surface area contributed by atoms with Crippen molar-refractivity contribution >= 4 is 40.5 Å². The van der Waals surface area contributed by atoms with Crippen LogP contribution in [-0.2, 0) is 28.6 Å². The topological polar surface area (TPSA) is 77.3 Å². The van der Waals surface area contributed by atoms with Crippen molar-refractivity contribution in [2.75, 3.05) is 13.7 Å². The molecular weight excluding hydrogens is 506 g/mol. The van der Waals surface area contributed by atoms with Crippen LogP contribution < -0.4 is 5.56 Å². The van der Waals surface area contributed by atoms with Gasteiger partial charge in [0.05, 0.1) is 23.4 Å². The van der Waals surface area contributed by atoms with Crippen LogP contribution in [0.2, 0.25) is 5.11 Å². The fourth-order valence-electron chi connectivity index (χ4n) is 5.56. The largest absolute Gasteiger partial charge is 0.371 e. The van der Waals surface area contributed by atoms with Gasteiger partial charge in [0.1, 0.15) is 46.9 Å². The summed E-state index contributed by atoms with van der Waals surface area (Å²) in [5, 5.41) is -0.0166. The zero-order valence-electron chi connectivity index (χ0n) is 23.4. The Balaban J connectivity index is 1.80. The summed E-state index contributed by atoms with van der Waals surface area (Å²) in [6.07, 6.45) is -0.927. The second-order valence-electron chi connectivity index (χ2n) is 11.6. The summed E-state index contributed by atoms with van der Waals surface area (Å²) in [7, 11) is 8.71. The van der Waals surface area contributed by atoms with Gasteiger partial charge in [-0.1, -0.05) is 25.1 Å². The van der Waals surface area contributed by atoms with Crippen LogP contribution in [0.3, 0.4) is 0 Å². The molecule has 1 unspecified atom stereocenters. The molecule has 1 aliphatic heterocycles. The number of aromatic nitrogens is 3. The summed E-state index contributed by atoms with van der Waals surface area (Å²) in [5.74, 6) is -1.43. The smallest absolute Gasteiger partial charge is 0.266 e. The molecule has 0 bridgehead atoms. The van der Waals surface area contributed by atoms with Gasteiger partial charge in [-0.05, 0) is 36.0 Å². The summed E-state index contributed by atoms with van der Waals surface area (Å²) in [6.45, 7) is 3.90. The summed E-state index contributed by atoms with van der Waals surface area (Å²) in [4.78, 5) is 37.3. The molecule has 2 aromatic heterocycles. The number of carbonyl (C=O) groups excluding carboxylic acids is 1. The van der Waals surface area contributed by atoms with E-state index in [1.54, 1.807) is 24.9 Å². The molecule has 3 atom stereocenters. The van der Waals surface area contributed by atoms with Gasteiger partial charge in [0, 0.05) is 32.0 Å². The van der Waals surface area contributed by atoms with Gasteiger partial charge in [0.15, 0.2) is 0 Å². The first-order valence-corrected chi connectivity index (χ1v) is 13.0. The molecule has 39 heavy (non-hydrogen) atoms. The number of aryl methyl sites for hydroxylation is 1. The number of rotatable bonds is 7. The van der Waals surface area contributed by atoms with Gasteiger partial charge in [0.25, 0.3) is 12.0 Å². The number of carbonyl (C=O) groups is 1. The van der Waals surface area contributed by atoms with Crippen molar-refractivity contribution in [2.45, 2.75) is 55.8 Å². The Hall–Kier alpha value is -3.08. The van der Waals surface area contributed by atoms with Crippen molar-refractivity contribution in [3.8, 4) is 0 Å². The monoisotopic (exact) mass is 538 g/mol. The van der Waals surface area contributed by atoms with Gasteiger partial charge in [-0.25, -0.2) is 23.1 Å². The molecule has 0 aliphatic carbocycles. The number of benzene rings is 1. The lowest BCUT2D eigenvalue weighted by atomic mass is 9.42. The third-order valence-electron chi connectivity index (χ3n) is 7.78. The van der Waals surface area contributed by atoms with Crippen LogP contribution in [0.15, 0.2) is 35.4 Å². The average Bonchev–Trinajstić information content (AvgIpc) is 3.22. The fraction of sp³-hybridized carbons (Fsp3) is 0.462. The van der Waals surface area contributed by atoms with E-state index in [4.69, 9.17) is 4.74 Å². The molecule has 0 N–H and O–H groups in total. The van der Waals surface area contributed by atoms with Crippen LogP contribution in [-0.4, -0.2) is 68.6 Å². The van der Waals surface area contributed by atoms with Gasteiger partial charge >= 0.3 is 0 Å². The Morgan fingerprint density at radius 3 is 2.54 bits per heavy atom. The molecule has 1 saturated heterocycles. The van der Waals surface area contributed by atoms with E-state index in [1.165, 1.54) is 30.1 Å². The Labute approximate surface area is 228 Å². The number of hydrogen-bond donors (Lipinski definition) is 0. The number of amides is 1. The molecule has 1 aliphatic rings. The zero-order chi connectivity index (χ0) is 28.9. The van der Waals surface area contributed by atoms with E-state index in [0.29, 0.717) is 28.7 Å². The van der Waals surface area contributed by atoms with E-state index in [0.717, 1.165) is 6.07 Å². The maximum atomic E-state index is 14.9. The molecule has 7 nitrogen and oxygen atoms in total. The Morgan fingerprint density at radius 2 is 1.92 bits per heavy atom. The van der Waals surface area contributed by atoms with Gasteiger partial charge in [-0.15, -0.1) is 0 Å². The van der Waals surface area contributed by atoms with E-state index in [2.05, 4.69) is 9.97 Å². The highest BCUT2D eigenvalue weighted by Gasteiger charge is 2.49. The molecule has 3 heterocycles. The van der Waals surface area contributed by atoms with E-state index >= 15 is 0 Å². The average molecular weight is 538 g/mol. The minimum atomic E-state index is -2.92. The standard InChI is InChI=1S/C26H32B3F3N4O3/c1-13(15-6-5-7-16(20(15)30)21(31)32)8-19-17-9-18(23(37)35(3)22(17)34-12-33-19)25(39-4)10-14(2)36(11-25)24(38)26(27,28)29/h5-7,9,12-14,21H,8,10-11,27-29H2,1-4H3/t13-,14+,25?/m0/s1. The number of methoxy groups -OCH3 is 1. The van der Waals surface area contributed by atoms with Crippen molar-refractivity contribution in [1.29, 1.82) is 0 Å². The van der Waals surface area contributed by atoms with Crippen molar-refractivity contribution < 1.29 is 22.7 Å². The number of likely N-dealkylation sites (tertiary alicyclic amines) is 1. The molecule has 0 spiro atoms. The molecule has 13 heteroatoms. The fourth-order valence-corrected chi connectivity index (χ4v) is 5.56. The lowest BCUT2D eigenvalue weighted by molar-refractivity contribution is -0.132. The number of fused-ring (bicyclic) bond motifs is 1. The summed E-state index contributed by atoms with van der Waals surface area (Å²) >= 11 is 0. The Bertz CT molecular complexity index is 1480. The van der Waals surface area contributed by atoms with Crippen LogP contribution >= 0.6 is 0 Å². The lowest BCUT2D eigenvalue weighted by Gasteiger charge is -2.31. The maximum Gasteiger partial charge on any atom is 0.266 e. The molecule has 204 valence electrons. The lowest BCUT2D eigenvalue weighted by Crippen LogP contribution is -2.45. The first-order valence-electron chi connectivity index (χ1n) is 13.0. The highest BCUT2D eigenvalue weighted by molar-refractivity contribution is 6.68. The maximum absolute atomic E-state index is 14.9. The second kappa shape index (κ2) is 10.5. The quantitative estimate of drug-likeness (QED) is 0.423. The van der Waals surface area contributed by atoms with E-state index < -0.39 is 34.4 Å². The minimum Gasteiger partial charge on any atom is -0.371 e. The van der Waals surface area contributed by atoms with E-state index in [1.807, 2.05) is 30.5 Å². The summed E-state index contributed by atoms with van der Waals surface area (Å²) in [6, 6.07) is 5.56. The molecule has 4 rings (SSSR count). The Morgan fingerprint density at radius 1 is 1.26 bits per heavy atom. The normalized spacial score (nSPS) is 20.6. The first-order chi connectivity index (χ1) is 18.2. The summed E-state index contributed by atoms with van der Waals surface area (Å²) in [5.41, 5.74) is -0.489. The highest BCUT2D eigenvalue weighted by Crippen LogP contribution is 2.40. The minimum absolute atomic E-state index is 0.0301. The third kappa shape index (κ3) is 5.13. The number of alkyl halides is 2. The highest BCUT2D eigenvalue weighted by atomic mass is 19.3. The molecule has 3 aromatic rings. The second-order valence-corrected chi connectivity index (χ2v) is 11.6. The number of pyridine rings is 1. The number of nitrogens with zero attached hydrogens (tertiary/aromatic N) is 4. The van der Waals surface area contributed by atoms with Crippen LogP contribution in [0.4, 0.5) is 13.2 Å². The van der Waals surface area contributed by atoms with Crippen LogP contribution in [0.5, 0.6) is 0 Å². The third-order valence-corrected chi connectivity index (χ3v) is 7.78. The number of halogens is 3. The number of ether oxygens (including phenoxy) is 1. The predicted octanol–water partition coefficient (Wildman–Crippen LogP) is 1.19. The molecular formula is C26H32B3F3N4O3.